The Kier molecular flexibility index (Phi) is 4.60. The Bertz CT molecular complexity index is 979. The van der Waals surface area contributed by atoms with Gasteiger partial charge < -0.3 is 4.90 Å². The van der Waals surface area contributed by atoms with Gasteiger partial charge in [-0.25, -0.2) is 0 Å². The van der Waals surface area contributed by atoms with E-state index in [1.807, 2.05) is 36.4 Å². The highest BCUT2D eigenvalue weighted by molar-refractivity contribution is 7.99. The van der Waals surface area contributed by atoms with Gasteiger partial charge in [0.05, 0.1) is 5.56 Å². The van der Waals surface area contributed by atoms with Gasteiger partial charge in [-0.2, -0.15) is 13.2 Å². The molecule has 1 unspecified atom stereocenters. The molecule has 0 saturated carbocycles. The van der Waals surface area contributed by atoms with Gasteiger partial charge in [-0.15, -0.1) is 11.8 Å². The van der Waals surface area contributed by atoms with Crippen LogP contribution in [0.15, 0.2) is 66.7 Å². The molecule has 0 radical (unpaired) electrons. The second-order valence-corrected chi connectivity index (χ2v) is 7.56. The smallest absolute Gasteiger partial charge is 0.322 e. The Morgan fingerprint density at radius 1 is 0.963 bits per heavy atom. The highest BCUT2D eigenvalue weighted by Crippen LogP contribution is 2.40. The first-order valence-electron chi connectivity index (χ1n) is 8.52. The molecular weight excluding hydrogens is 371 g/mol. The van der Waals surface area contributed by atoms with Crippen molar-refractivity contribution in [2.75, 3.05) is 12.3 Å². The van der Waals surface area contributed by atoms with E-state index in [0.29, 0.717) is 17.7 Å². The molecular formula is C21H16F3NOS. The van der Waals surface area contributed by atoms with E-state index < -0.39 is 11.7 Å². The van der Waals surface area contributed by atoms with Gasteiger partial charge in [0.2, 0.25) is 0 Å². The molecule has 0 aromatic heterocycles. The number of thioether (sulfide) groups is 1. The zero-order valence-corrected chi connectivity index (χ0v) is 15.1. The van der Waals surface area contributed by atoms with Crippen LogP contribution in [-0.4, -0.2) is 23.1 Å². The third-order valence-corrected chi connectivity index (χ3v) is 5.96. The summed E-state index contributed by atoms with van der Waals surface area (Å²) < 4.78 is 38.4. The van der Waals surface area contributed by atoms with E-state index in [0.717, 1.165) is 28.7 Å². The number of hydrogen-bond donors (Lipinski definition) is 0. The van der Waals surface area contributed by atoms with Crippen LogP contribution in [0, 0.1) is 0 Å². The highest BCUT2D eigenvalue weighted by Gasteiger charge is 2.34. The van der Waals surface area contributed by atoms with Crippen LogP contribution < -0.4 is 0 Å². The quantitative estimate of drug-likeness (QED) is 0.558. The van der Waals surface area contributed by atoms with Crippen molar-refractivity contribution in [2.45, 2.75) is 11.6 Å². The summed E-state index contributed by atoms with van der Waals surface area (Å²) in [5, 5.41) is 1.59. The van der Waals surface area contributed by atoms with Gasteiger partial charge >= 0.3 is 6.18 Å². The number of fused-ring (bicyclic) bond motifs is 1. The molecule has 1 heterocycles. The second-order valence-electron chi connectivity index (χ2n) is 6.37. The molecule has 0 aliphatic carbocycles. The minimum Gasteiger partial charge on any atom is -0.322 e. The Morgan fingerprint density at radius 2 is 1.67 bits per heavy atom. The van der Waals surface area contributed by atoms with Crippen molar-refractivity contribution >= 4 is 28.4 Å². The first kappa shape index (κ1) is 17.9. The Hall–Kier alpha value is -2.47. The summed E-state index contributed by atoms with van der Waals surface area (Å²) >= 11 is 1.57. The fourth-order valence-electron chi connectivity index (χ4n) is 3.36. The van der Waals surface area contributed by atoms with Crippen molar-refractivity contribution in [3.8, 4) is 0 Å². The molecule has 0 N–H and O–H groups in total. The van der Waals surface area contributed by atoms with Crippen LogP contribution >= 0.6 is 11.8 Å². The van der Waals surface area contributed by atoms with Crippen LogP contribution in [0.3, 0.4) is 0 Å². The van der Waals surface area contributed by atoms with Gasteiger partial charge in [0.1, 0.15) is 5.37 Å². The number of rotatable bonds is 2. The lowest BCUT2D eigenvalue weighted by Gasteiger charge is -2.25. The number of nitrogens with zero attached hydrogens (tertiary/aromatic N) is 1. The lowest BCUT2D eigenvalue weighted by molar-refractivity contribution is -0.137. The molecule has 3 aromatic carbocycles. The van der Waals surface area contributed by atoms with Gasteiger partial charge in [-0.1, -0.05) is 48.5 Å². The number of alkyl halides is 3. The van der Waals surface area contributed by atoms with Crippen molar-refractivity contribution in [3.63, 3.8) is 0 Å². The van der Waals surface area contributed by atoms with Crippen LogP contribution in [0.25, 0.3) is 10.8 Å². The van der Waals surface area contributed by atoms with Crippen molar-refractivity contribution in [1.82, 2.24) is 4.90 Å². The fourth-order valence-corrected chi connectivity index (χ4v) is 4.61. The summed E-state index contributed by atoms with van der Waals surface area (Å²) in [6.45, 7) is 0.568. The summed E-state index contributed by atoms with van der Waals surface area (Å²) in [5.41, 5.74) is 0.646. The fraction of sp³-hybridized carbons (Fsp3) is 0.190. The van der Waals surface area contributed by atoms with Gasteiger partial charge in [0, 0.05) is 17.9 Å². The molecule has 0 bridgehead atoms. The summed E-state index contributed by atoms with van der Waals surface area (Å²) in [6.07, 6.45) is -4.36. The van der Waals surface area contributed by atoms with E-state index in [-0.39, 0.29) is 11.3 Å². The molecule has 0 spiro atoms. The van der Waals surface area contributed by atoms with Crippen molar-refractivity contribution < 1.29 is 18.0 Å². The first-order chi connectivity index (χ1) is 12.9. The third kappa shape index (κ3) is 3.41. The van der Waals surface area contributed by atoms with E-state index in [1.54, 1.807) is 22.7 Å². The van der Waals surface area contributed by atoms with Gasteiger partial charge in [-0.3, -0.25) is 4.79 Å². The van der Waals surface area contributed by atoms with Crippen LogP contribution in [-0.2, 0) is 6.18 Å². The largest absolute Gasteiger partial charge is 0.416 e. The Morgan fingerprint density at radius 3 is 2.41 bits per heavy atom. The second kappa shape index (κ2) is 6.93. The van der Waals surface area contributed by atoms with Crippen LogP contribution in [0.2, 0.25) is 0 Å². The van der Waals surface area contributed by atoms with Gasteiger partial charge in [0.15, 0.2) is 0 Å². The highest BCUT2D eigenvalue weighted by atomic mass is 32.2. The topological polar surface area (TPSA) is 20.3 Å². The minimum absolute atomic E-state index is 0.0957. The zero-order chi connectivity index (χ0) is 19.0. The summed E-state index contributed by atoms with van der Waals surface area (Å²) in [6, 6.07) is 18.4. The van der Waals surface area contributed by atoms with E-state index in [1.165, 1.54) is 12.1 Å². The Labute approximate surface area is 159 Å². The average molecular weight is 387 g/mol. The molecule has 6 heteroatoms. The molecule has 138 valence electrons. The van der Waals surface area contributed by atoms with Crippen molar-refractivity contribution in [3.05, 3.63) is 83.4 Å². The monoisotopic (exact) mass is 387 g/mol. The number of carbonyl (C=O) groups is 1. The number of benzene rings is 3. The van der Waals surface area contributed by atoms with Gasteiger partial charge in [-0.05, 0) is 34.5 Å². The molecule has 2 nitrogen and oxygen atoms in total. The van der Waals surface area contributed by atoms with Crippen LogP contribution in [0.5, 0.6) is 0 Å². The number of halogens is 3. The molecule has 1 amide bonds. The zero-order valence-electron chi connectivity index (χ0n) is 14.2. The minimum atomic E-state index is -4.36. The Balaban J connectivity index is 1.66. The van der Waals surface area contributed by atoms with Crippen molar-refractivity contribution in [2.24, 2.45) is 0 Å². The summed E-state index contributed by atoms with van der Waals surface area (Å²) in [4.78, 5) is 14.9. The number of amides is 1. The molecule has 1 aliphatic heterocycles. The lowest BCUT2D eigenvalue weighted by Crippen LogP contribution is -2.30. The van der Waals surface area contributed by atoms with Crippen molar-refractivity contribution in [1.29, 1.82) is 0 Å². The van der Waals surface area contributed by atoms with E-state index in [9.17, 15) is 18.0 Å². The molecule has 4 rings (SSSR count). The average Bonchev–Trinajstić information content (AvgIpc) is 3.16. The normalized spacial score (nSPS) is 17.4. The van der Waals surface area contributed by atoms with Crippen LogP contribution in [0.1, 0.15) is 26.9 Å². The molecule has 1 atom stereocenters. The van der Waals surface area contributed by atoms with E-state index in [2.05, 4.69) is 0 Å². The molecule has 1 aliphatic rings. The SMILES string of the molecule is O=C(c1cccc2ccccc12)N1CCSC1c1ccc(C(F)(F)F)cc1. The third-order valence-electron chi connectivity index (χ3n) is 4.70. The predicted molar refractivity (Wildman–Crippen MR) is 102 cm³/mol. The summed E-state index contributed by atoms with van der Waals surface area (Å²) in [5.74, 6) is 0.657. The maximum absolute atomic E-state index is 13.2. The van der Waals surface area contributed by atoms with E-state index in [4.69, 9.17) is 0 Å². The maximum atomic E-state index is 13.2. The molecule has 3 aromatic rings. The maximum Gasteiger partial charge on any atom is 0.416 e. The molecule has 27 heavy (non-hydrogen) atoms. The van der Waals surface area contributed by atoms with Crippen LogP contribution in [0.4, 0.5) is 13.2 Å². The predicted octanol–water partition coefficient (Wildman–Crippen LogP) is 5.75. The molecule has 1 saturated heterocycles. The van der Waals surface area contributed by atoms with E-state index >= 15 is 0 Å². The summed E-state index contributed by atoms with van der Waals surface area (Å²) in [7, 11) is 0. The number of carbonyl (C=O) groups excluding carboxylic acids is 1. The standard InChI is InChI=1S/C21H16F3NOS/c22-21(23,24)16-10-8-15(9-11-16)20-25(12-13-27-20)19(26)18-7-3-5-14-4-1-2-6-17(14)18/h1-11,20H,12-13H2. The lowest BCUT2D eigenvalue weighted by atomic mass is 10.0. The molecule has 1 fully saturated rings. The number of hydrogen-bond acceptors (Lipinski definition) is 2. The van der Waals surface area contributed by atoms with Gasteiger partial charge in [0.25, 0.3) is 5.91 Å². The first-order valence-corrected chi connectivity index (χ1v) is 9.57.